The summed E-state index contributed by atoms with van der Waals surface area (Å²) in [7, 11) is 1.50. The number of ether oxygens (including phenoxy) is 4. The second-order valence-electron chi connectivity index (χ2n) is 8.15. The monoisotopic (exact) mass is 542 g/mol. The standard InChI is InChI=1S/C26H33F3N2O7/c1-3-37-23(24(32)33)16-19-8-10-21(11-9-19)38-15-13-31(12-5-14-36-18-26(27,28)29)25(34)30-20-6-4-7-22(17-20)35-2/h4,6-11,17,23H,3,5,12-16,18H2,1-2H3,(H,30,34)(H,32,33). The van der Waals surface area contributed by atoms with Gasteiger partial charge in [0.1, 0.15) is 24.7 Å². The van der Waals surface area contributed by atoms with Gasteiger partial charge >= 0.3 is 18.2 Å². The number of methoxy groups -OCH3 is 1. The molecule has 1 unspecified atom stereocenters. The van der Waals surface area contributed by atoms with Crippen LogP contribution in [0.3, 0.4) is 0 Å². The van der Waals surface area contributed by atoms with Crippen molar-refractivity contribution >= 4 is 17.7 Å². The SMILES string of the molecule is CCOC(Cc1ccc(OCCN(CCCOCC(F)(F)F)C(=O)Nc2cccc(OC)c2)cc1)C(=O)O. The minimum absolute atomic E-state index is 0.116. The van der Waals surface area contributed by atoms with Gasteiger partial charge in [0, 0.05) is 37.9 Å². The Morgan fingerprint density at radius 1 is 1.05 bits per heavy atom. The quantitative estimate of drug-likeness (QED) is 0.299. The summed E-state index contributed by atoms with van der Waals surface area (Å²) in [6.07, 6.45) is -4.95. The molecule has 210 valence electrons. The molecule has 0 radical (unpaired) electrons. The van der Waals surface area contributed by atoms with Crippen molar-refractivity contribution in [3.63, 3.8) is 0 Å². The third kappa shape index (κ3) is 11.7. The number of benzene rings is 2. The lowest BCUT2D eigenvalue weighted by Crippen LogP contribution is -2.39. The minimum atomic E-state index is -4.41. The van der Waals surface area contributed by atoms with E-state index in [1.54, 1.807) is 55.5 Å². The van der Waals surface area contributed by atoms with Gasteiger partial charge in [0.25, 0.3) is 0 Å². The van der Waals surface area contributed by atoms with Crippen LogP contribution >= 0.6 is 0 Å². The topological polar surface area (TPSA) is 107 Å². The van der Waals surface area contributed by atoms with Crippen LogP contribution in [0.15, 0.2) is 48.5 Å². The normalized spacial score (nSPS) is 12.0. The zero-order valence-electron chi connectivity index (χ0n) is 21.3. The number of carboxylic acids is 1. The molecule has 2 rings (SSSR count). The molecule has 2 amide bonds. The van der Waals surface area contributed by atoms with Crippen LogP contribution in [0.4, 0.5) is 23.7 Å². The van der Waals surface area contributed by atoms with Crippen LogP contribution in [0.1, 0.15) is 18.9 Å². The van der Waals surface area contributed by atoms with E-state index in [1.807, 2.05) is 0 Å². The molecular formula is C26H33F3N2O7. The molecule has 0 aromatic heterocycles. The Hall–Kier alpha value is -3.51. The van der Waals surface area contributed by atoms with Crippen LogP contribution in [0.2, 0.25) is 0 Å². The summed E-state index contributed by atoms with van der Waals surface area (Å²) in [6, 6.07) is 13.1. The van der Waals surface area contributed by atoms with Crippen LogP contribution in [-0.2, 0) is 20.7 Å². The molecule has 0 aliphatic rings. The van der Waals surface area contributed by atoms with Crippen molar-refractivity contribution in [2.24, 2.45) is 0 Å². The highest BCUT2D eigenvalue weighted by Gasteiger charge is 2.27. The molecule has 0 bridgehead atoms. The molecule has 0 saturated carbocycles. The van der Waals surface area contributed by atoms with E-state index in [4.69, 9.17) is 14.2 Å². The van der Waals surface area contributed by atoms with E-state index in [0.29, 0.717) is 17.2 Å². The summed E-state index contributed by atoms with van der Waals surface area (Å²) in [6.45, 7) is 0.915. The number of amides is 2. The summed E-state index contributed by atoms with van der Waals surface area (Å²) in [5.74, 6) is 0.0274. The smallest absolute Gasteiger partial charge is 0.411 e. The average Bonchev–Trinajstić information content (AvgIpc) is 2.87. The van der Waals surface area contributed by atoms with Crippen LogP contribution < -0.4 is 14.8 Å². The summed E-state index contributed by atoms with van der Waals surface area (Å²) in [4.78, 5) is 25.6. The first-order valence-corrected chi connectivity index (χ1v) is 12.0. The molecule has 0 aliphatic carbocycles. The third-order valence-electron chi connectivity index (χ3n) is 5.21. The van der Waals surface area contributed by atoms with E-state index in [2.05, 4.69) is 10.1 Å². The molecule has 1 atom stereocenters. The van der Waals surface area contributed by atoms with E-state index in [0.717, 1.165) is 5.56 Å². The highest BCUT2D eigenvalue weighted by molar-refractivity contribution is 5.89. The summed E-state index contributed by atoms with van der Waals surface area (Å²) >= 11 is 0. The van der Waals surface area contributed by atoms with Gasteiger partial charge in [-0.2, -0.15) is 13.2 Å². The number of halogens is 3. The average molecular weight is 543 g/mol. The Bertz CT molecular complexity index is 1000. The molecule has 0 heterocycles. The second-order valence-corrected chi connectivity index (χ2v) is 8.15. The fourth-order valence-corrected chi connectivity index (χ4v) is 3.39. The van der Waals surface area contributed by atoms with E-state index >= 15 is 0 Å². The zero-order valence-corrected chi connectivity index (χ0v) is 21.3. The third-order valence-corrected chi connectivity index (χ3v) is 5.21. The Balaban J connectivity index is 1.93. The van der Waals surface area contributed by atoms with Crippen molar-refractivity contribution < 1.29 is 46.8 Å². The summed E-state index contributed by atoms with van der Waals surface area (Å²) in [5.41, 5.74) is 1.26. The summed E-state index contributed by atoms with van der Waals surface area (Å²) in [5, 5.41) is 12.0. The number of hydrogen-bond acceptors (Lipinski definition) is 6. The maximum atomic E-state index is 12.9. The number of alkyl halides is 3. The fourth-order valence-electron chi connectivity index (χ4n) is 3.39. The van der Waals surface area contributed by atoms with Gasteiger partial charge in [-0.3, -0.25) is 0 Å². The second kappa shape index (κ2) is 15.7. The molecule has 2 aromatic carbocycles. The Morgan fingerprint density at radius 3 is 2.42 bits per heavy atom. The Labute approximate surface area is 219 Å². The number of carboxylic acid groups (broad SMARTS) is 1. The molecular weight excluding hydrogens is 509 g/mol. The van der Waals surface area contributed by atoms with Crippen molar-refractivity contribution in [1.82, 2.24) is 4.90 Å². The molecule has 2 aromatic rings. The zero-order chi connectivity index (χ0) is 28.0. The number of carbonyl (C=O) groups is 2. The van der Waals surface area contributed by atoms with Crippen molar-refractivity contribution in [3.05, 3.63) is 54.1 Å². The summed E-state index contributed by atoms with van der Waals surface area (Å²) < 4.78 is 57.7. The first kappa shape index (κ1) is 30.7. The highest BCUT2D eigenvalue weighted by Crippen LogP contribution is 2.18. The van der Waals surface area contributed by atoms with Gasteiger partial charge in [0.2, 0.25) is 0 Å². The number of carbonyl (C=O) groups excluding carboxylic acids is 1. The lowest BCUT2D eigenvalue weighted by Gasteiger charge is -2.23. The molecule has 9 nitrogen and oxygen atoms in total. The van der Waals surface area contributed by atoms with E-state index in [1.165, 1.54) is 12.0 Å². The number of hydrogen-bond donors (Lipinski definition) is 2. The highest BCUT2D eigenvalue weighted by atomic mass is 19.4. The van der Waals surface area contributed by atoms with Crippen molar-refractivity contribution in [1.29, 1.82) is 0 Å². The molecule has 0 spiro atoms. The minimum Gasteiger partial charge on any atom is -0.497 e. The predicted molar refractivity (Wildman–Crippen MR) is 134 cm³/mol. The Morgan fingerprint density at radius 2 is 1.79 bits per heavy atom. The van der Waals surface area contributed by atoms with Gasteiger partial charge in [0.15, 0.2) is 6.10 Å². The number of rotatable bonds is 16. The van der Waals surface area contributed by atoms with E-state index in [9.17, 15) is 27.9 Å². The van der Waals surface area contributed by atoms with Gasteiger partial charge < -0.3 is 34.3 Å². The first-order chi connectivity index (χ1) is 18.1. The van der Waals surface area contributed by atoms with E-state index in [-0.39, 0.29) is 45.8 Å². The van der Waals surface area contributed by atoms with Gasteiger partial charge in [0.05, 0.1) is 13.7 Å². The van der Waals surface area contributed by atoms with Gasteiger partial charge in [-0.1, -0.05) is 18.2 Å². The van der Waals surface area contributed by atoms with Gasteiger partial charge in [-0.05, 0) is 43.2 Å². The maximum absolute atomic E-state index is 12.9. The number of urea groups is 1. The largest absolute Gasteiger partial charge is 0.497 e. The van der Waals surface area contributed by atoms with Crippen LogP contribution in [-0.4, -0.2) is 80.9 Å². The fraction of sp³-hybridized carbons (Fsp3) is 0.462. The molecule has 0 fully saturated rings. The van der Waals surface area contributed by atoms with Gasteiger partial charge in [-0.25, -0.2) is 9.59 Å². The van der Waals surface area contributed by atoms with Gasteiger partial charge in [-0.15, -0.1) is 0 Å². The maximum Gasteiger partial charge on any atom is 0.411 e. The molecule has 38 heavy (non-hydrogen) atoms. The molecule has 12 heteroatoms. The lowest BCUT2D eigenvalue weighted by molar-refractivity contribution is -0.174. The van der Waals surface area contributed by atoms with Crippen molar-refractivity contribution in [3.8, 4) is 11.5 Å². The predicted octanol–water partition coefficient (Wildman–Crippen LogP) is 4.61. The van der Waals surface area contributed by atoms with Crippen LogP contribution in [0.5, 0.6) is 11.5 Å². The Kier molecular flexibility index (Phi) is 12.7. The molecule has 2 N–H and O–H groups in total. The number of nitrogens with zero attached hydrogens (tertiary/aromatic N) is 1. The van der Waals surface area contributed by atoms with E-state index < -0.39 is 30.9 Å². The van der Waals surface area contributed by atoms with Crippen LogP contribution in [0.25, 0.3) is 0 Å². The number of nitrogens with one attached hydrogen (secondary N) is 1. The van der Waals surface area contributed by atoms with Crippen LogP contribution in [0, 0.1) is 0 Å². The molecule has 0 saturated heterocycles. The number of anilines is 1. The van der Waals surface area contributed by atoms with Crippen molar-refractivity contribution in [2.45, 2.75) is 32.0 Å². The number of aliphatic carboxylic acids is 1. The van der Waals surface area contributed by atoms with Crippen molar-refractivity contribution in [2.75, 3.05) is 51.9 Å². The lowest BCUT2D eigenvalue weighted by atomic mass is 10.1. The first-order valence-electron chi connectivity index (χ1n) is 12.0. The molecule has 0 aliphatic heterocycles.